The highest BCUT2D eigenvalue weighted by Gasteiger charge is 2.27. The number of hydrogen-bond acceptors (Lipinski definition) is 0. The SMILES string of the molecule is [2H]C1(c2ccc(-c3ccc(Cl)cc3)cc2)CCC(C)(C)CC1. The molecule has 3 rings (SSSR count). The van der Waals surface area contributed by atoms with Gasteiger partial charge in [0.15, 0.2) is 0 Å². The first kappa shape index (κ1) is 13.4. The lowest BCUT2D eigenvalue weighted by Crippen LogP contribution is -2.20. The van der Waals surface area contributed by atoms with Gasteiger partial charge in [-0.3, -0.25) is 0 Å². The van der Waals surface area contributed by atoms with E-state index >= 15 is 0 Å². The van der Waals surface area contributed by atoms with Crippen LogP contribution in [0.1, 0.15) is 52.4 Å². The molecule has 1 aliphatic carbocycles. The van der Waals surface area contributed by atoms with Crippen LogP contribution in [-0.2, 0) is 0 Å². The van der Waals surface area contributed by atoms with Crippen LogP contribution in [0.5, 0.6) is 0 Å². The molecule has 0 unspecified atom stereocenters. The second kappa shape index (κ2) is 5.85. The molecule has 110 valence electrons. The van der Waals surface area contributed by atoms with Crippen LogP contribution >= 0.6 is 11.6 Å². The molecule has 1 fully saturated rings. The Hall–Kier alpha value is -1.27. The van der Waals surface area contributed by atoms with Crippen LogP contribution in [0.15, 0.2) is 48.5 Å². The fourth-order valence-electron chi connectivity index (χ4n) is 3.06. The van der Waals surface area contributed by atoms with E-state index in [1.165, 1.54) is 11.1 Å². The number of hydrogen-bond donors (Lipinski definition) is 0. The Labute approximate surface area is 134 Å². The van der Waals surface area contributed by atoms with E-state index in [0.717, 1.165) is 36.3 Å². The van der Waals surface area contributed by atoms with Gasteiger partial charge in [-0.05, 0) is 65.8 Å². The molecule has 0 saturated heterocycles. The molecule has 0 spiro atoms. The zero-order chi connectivity index (χ0) is 15.8. The molecule has 0 aromatic heterocycles. The van der Waals surface area contributed by atoms with Crippen molar-refractivity contribution in [3.05, 3.63) is 59.1 Å². The summed E-state index contributed by atoms with van der Waals surface area (Å²) in [5.41, 5.74) is 3.90. The Kier molecular flexibility index (Phi) is 3.73. The Morgan fingerprint density at radius 3 is 1.90 bits per heavy atom. The third kappa shape index (κ3) is 3.49. The Balaban J connectivity index is 1.81. The maximum atomic E-state index is 8.82. The molecule has 1 aliphatic rings. The predicted octanol–water partition coefficient (Wildman–Crippen LogP) is 6.69. The summed E-state index contributed by atoms with van der Waals surface area (Å²) in [5.74, 6) is -0.409. The summed E-state index contributed by atoms with van der Waals surface area (Å²) in [6.45, 7) is 4.63. The molecule has 0 radical (unpaired) electrons. The van der Waals surface area contributed by atoms with Crippen LogP contribution < -0.4 is 0 Å². The molecule has 1 heteroatoms. The van der Waals surface area contributed by atoms with Crippen LogP contribution in [0.25, 0.3) is 11.1 Å². The van der Waals surface area contributed by atoms with E-state index < -0.39 is 5.89 Å². The average Bonchev–Trinajstić information content (AvgIpc) is 2.52. The topological polar surface area (TPSA) is 0 Å². The number of halogens is 1. The molecular weight excluding hydrogens is 276 g/mol. The van der Waals surface area contributed by atoms with Gasteiger partial charge < -0.3 is 0 Å². The van der Waals surface area contributed by atoms with Crippen molar-refractivity contribution in [3.8, 4) is 11.1 Å². The third-order valence-electron chi connectivity index (χ3n) is 4.68. The minimum absolute atomic E-state index is 0.397. The van der Waals surface area contributed by atoms with Crippen LogP contribution in [0.4, 0.5) is 0 Å². The lowest BCUT2D eigenvalue weighted by Gasteiger charge is -2.34. The molecule has 2 aromatic carbocycles. The van der Waals surface area contributed by atoms with E-state index in [4.69, 9.17) is 13.0 Å². The smallest absolute Gasteiger partial charge is 0.0406 e. The van der Waals surface area contributed by atoms with Crippen LogP contribution in [0.2, 0.25) is 5.02 Å². The molecule has 21 heavy (non-hydrogen) atoms. The van der Waals surface area contributed by atoms with Crippen molar-refractivity contribution in [1.29, 1.82) is 0 Å². The number of rotatable bonds is 2. The summed E-state index contributed by atoms with van der Waals surface area (Å²) in [7, 11) is 0. The minimum atomic E-state index is -0.409. The fourth-order valence-corrected chi connectivity index (χ4v) is 3.18. The Bertz CT molecular complexity index is 630. The van der Waals surface area contributed by atoms with Crippen molar-refractivity contribution in [2.24, 2.45) is 5.41 Å². The normalized spacial score (nSPS) is 20.8. The Morgan fingerprint density at radius 1 is 0.905 bits per heavy atom. The molecule has 0 N–H and O–H groups in total. The van der Waals surface area contributed by atoms with Crippen molar-refractivity contribution in [2.75, 3.05) is 0 Å². The summed E-state index contributed by atoms with van der Waals surface area (Å²) in [6.07, 6.45) is 4.19. The van der Waals surface area contributed by atoms with E-state index in [-0.39, 0.29) is 0 Å². The Morgan fingerprint density at radius 2 is 1.38 bits per heavy atom. The fraction of sp³-hybridized carbons (Fsp3) is 0.400. The zero-order valence-electron chi connectivity index (χ0n) is 13.8. The highest BCUT2D eigenvalue weighted by molar-refractivity contribution is 6.30. The van der Waals surface area contributed by atoms with Gasteiger partial charge in [-0.15, -0.1) is 0 Å². The molecule has 0 heterocycles. The molecule has 2 aromatic rings. The van der Waals surface area contributed by atoms with E-state index in [1.54, 1.807) is 0 Å². The first-order valence-corrected chi connectivity index (χ1v) is 8.12. The monoisotopic (exact) mass is 299 g/mol. The molecule has 0 aliphatic heterocycles. The van der Waals surface area contributed by atoms with Crippen LogP contribution in [0, 0.1) is 5.41 Å². The molecule has 0 amide bonds. The third-order valence-corrected chi connectivity index (χ3v) is 4.93. The van der Waals surface area contributed by atoms with Gasteiger partial charge in [-0.25, -0.2) is 0 Å². The van der Waals surface area contributed by atoms with Gasteiger partial charge in [0, 0.05) is 6.39 Å². The largest absolute Gasteiger partial charge is 0.0843 e. The zero-order valence-corrected chi connectivity index (χ0v) is 13.6. The molecule has 0 atom stereocenters. The van der Waals surface area contributed by atoms with Gasteiger partial charge in [0.25, 0.3) is 0 Å². The predicted molar refractivity (Wildman–Crippen MR) is 91.9 cm³/mol. The first-order chi connectivity index (χ1) is 10.4. The van der Waals surface area contributed by atoms with Crippen molar-refractivity contribution < 1.29 is 1.37 Å². The highest BCUT2D eigenvalue weighted by Crippen LogP contribution is 2.42. The van der Waals surface area contributed by atoms with Gasteiger partial charge in [-0.1, -0.05) is 61.8 Å². The maximum Gasteiger partial charge on any atom is 0.0406 e. The maximum absolute atomic E-state index is 8.82. The van der Waals surface area contributed by atoms with Crippen LogP contribution in [0.3, 0.4) is 0 Å². The van der Waals surface area contributed by atoms with Crippen molar-refractivity contribution in [1.82, 2.24) is 0 Å². The van der Waals surface area contributed by atoms with Crippen LogP contribution in [-0.4, -0.2) is 0 Å². The molecule has 0 bridgehead atoms. The molecule has 1 saturated carbocycles. The van der Waals surface area contributed by atoms with Crippen molar-refractivity contribution in [2.45, 2.75) is 45.4 Å². The molecule has 0 nitrogen and oxygen atoms in total. The second-order valence-electron chi connectivity index (χ2n) is 6.85. The lowest BCUT2D eigenvalue weighted by molar-refractivity contribution is 0.224. The van der Waals surface area contributed by atoms with Gasteiger partial charge >= 0.3 is 0 Å². The summed E-state index contributed by atoms with van der Waals surface area (Å²) in [4.78, 5) is 0. The lowest BCUT2D eigenvalue weighted by atomic mass is 9.71. The first-order valence-electron chi connectivity index (χ1n) is 8.25. The molecular formula is C20H23Cl. The minimum Gasteiger partial charge on any atom is -0.0843 e. The van der Waals surface area contributed by atoms with E-state index in [0.29, 0.717) is 5.41 Å². The van der Waals surface area contributed by atoms with Crippen molar-refractivity contribution in [3.63, 3.8) is 0 Å². The van der Waals surface area contributed by atoms with Gasteiger partial charge in [-0.2, -0.15) is 0 Å². The van der Waals surface area contributed by atoms with Gasteiger partial charge in [0.2, 0.25) is 0 Å². The second-order valence-corrected chi connectivity index (χ2v) is 7.29. The average molecular weight is 300 g/mol. The summed E-state index contributed by atoms with van der Waals surface area (Å²) >= 11 is 5.94. The van der Waals surface area contributed by atoms with Gasteiger partial charge in [0.05, 0.1) is 0 Å². The standard InChI is InChI=1S/C20H23Cl/c1-20(2)13-11-18(12-14-20)16-5-3-15(4-6-16)17-7-9-19(21)10-8-17/h3-10,18H,11-14H2,1-2H3/i18D. The highest BCUT2D eigenvalue weighted by atomic mass is 35.5. The van der Waals surface area contributed by atoms with Gasteiger partial charge in [0.1, 0.15) is 0 Å². The summed E-state index contributed by atoms with van der Waals surface area (Å²) < 4.78 is 8.82. The van der Waals surface area contributed by atoms with Crippen molar-refractivity contribution >= 4 is 11.6 Å². The van der Waals surface area contributed by atoms with E-state index in [1.807, 2.05) is 24.3 Å². The van der Waals surface area contributed by atoms with E-state index in [2.05, 4.69) is 38.1 Å². The van der Waals surface area contributed by atoms with E-state index in [9.17, 15) is 0 Å². The number of benzene rings is 2. The summed E-state index contributed by atoms with van der Waals surface area (Å²) in [5, 5.41) is 0.760. The summed E-state index contributed by atoms with van der Waals surface area (Å²) in [6, 6.07) is 16.4. The quantitative estimate of drug-likeness (QED) is 0.579.